The third kappa shape index (κ3) is 7.92. The molecule has 0 fully saturated rings. The molecule has 0 unspecified atom stereocenters. The van der Waals surface area contributed by atoms with Crippen molar-refractivity contribution in [1.82, 2.24) is 15.2 Å². The molecular weight excluding hydrogens is 508 g/mol. The number of anilines is 2. The second-order valence-corrected chi connectivity index (χ2v) is 11.0. The zero-order chi connectivity index (χ0) is 25.4. The number of halogens is 1. The number of carbonyl (C=O) groups excluding carboxylic acids is 1. The molecule has 3 aromatic rings. The van der Waals surface area contributed by atoms with Crippen LogP contribution in [0.15, 0.2) is 58.5 Å². The molecule has 0 spiro atoms. The van der Waals surface area contributed by atoms with Gasteiger partial charge >= 0.3 is 0 Å². The van der Waals surface area contributed by atoms with E-state index in [9.17, 15) is 18.5 Å². The van der Waals surface area contributed by atoms with Gasteiger partial charge in [-0.1, -0.05) is 25.4 Å². The molecule has 3 rings (SSSR count). The first kappa shape index (κ1) is 26.4. The lowest BCUT2D eigenvalue weighted by atomic mass is 10.1. The number of rotatable bonds is 10. The summed E-state index contributed by atoms with van der Waals surface area (Å²) in [4.78, 5) is 16.9. The Morgan fingerprint density at radius 1 is 1.11 bits per heavy atom. The summed E-state index contributed by atoms with van der Waals surface area (Å²) >= 11 is 7.01. The fourth-order valence-electron chi connectivity index (χ4n) is 2.95. The van der Waals surface area contributed by atoms with Gasteiger partial charge in [0, 0.05) is 23.6 Å². The standard InChI is InChI=1S/C23H23ClN6O3S2/c1-15(2)13-18-4-3-16(14-25)23(27-18)34-12-11-22(31)26-17-5-7-19(8-6-17)35(32,33)30-21-10-9-20(24)28-29-21/h3-10,15H,11-13H2,1-2H3,(H,26,31)(H,29,30). The molecule has 0 atom stereocenters. The van der Waals surface area contributed by atoms with Gasteiger partial charge in [-0.2, -0.15) is 5.26 Å². The lowest BCUT2D eigenvalue weighted by Crippen LogP contribution is -2.15. The van der Waals surface area contributed by atoms with Gasteiger partial charge in [0.1, 0.15) is 11.1 Å². The number of benzene rings is 1. The maximum Gasteiger partial charge on any atom is 0.263 e. The third-order valence-corrected chi connectivity index (χ3v) is 7.11. The second kappa shape index (κ2) is 12.0. The number of hydrogen-bond donors (Lipinski definition) is 2. The summed E-state index contributed by atoms with van der Waals surface area (Å²) in [6.45, 7) is 4.20. The Kier molecular flexibility index (Phi) is 9.03. The molecule has 35 heavy (non-hydrogen) atoms. The van der Waals surface area contributed by atoms with E-state index in [4.69, 9.17) is 11.6 Å². The highest BCUT2D eigenvalue weighted by Gasteiger charge is 2.16. The van der Waals surface area contributed by atoms with Crippen LogP contribution in [-0.4, -0.2) is 35.3 Å². The van der Waals surface area contributed by atoms with Crippen LogP contribution in [0.1, 0.15) is 31.5 Å². The van der Waals surface area contributed by atoms with Crippen LogP contribution in [0.2, 0.25) is 5.15 Å². The van der Waals surface area contributed by atoms with Crippen LogP contribution >= 0.6 is 23.4 Å². The summed E-state index contributed by atoms with van der Waals surface area (Å²) in [5.41, 5.74) is 1.86. The molecule has 182 valence electrons. The maximum absolute atomic E-state index is 12.5. The number of nitrogens with one attached hydrogen (secondary N) is 2. The third-order valence-electron chi connectivity index (χ3n) is 4.54. The van der Waals surface area contributed by atoms with Crippen molar-refractivity contribution >= 4 is 50.8 Å². The van der Waals surface area contributed by atoms with Crippen molar-refractivity contribution in [3.05, 3.63) is 64.9 Å². The van der Waals surface area contributed by atoms with Gasteiger partial charge in [0.2, 0.25) is 5.91 Å². The summed E-state index contributed by atoms with van der Waals surface area (Å²) in [5.74, 6) is 0.687. The lowest BCUT2D eigenvalue weighted by molar-refractivity contribution is -0.115. The van der Waals surface area contributed by atoms with E-state index in [2.05, 4.69) is 45.1 Å². The van der Waals surface area contributed by atoms with Crippen molar-refractivity contribution in [2.75, 3.05) is 15.8 Å². The van der Waals surface area contributed by atoms with Gasteiger partial charge in [0.25, 0.3) is 10.0 Å². The van der Waals surface area contributed by atoms with E-state index in [1.807, 2.05) is 6.07 Å². The summed E-state index contributed by atoms with van der Waals surface area (Å²) in [7, 11) is -3.88. The molecule has 9 nitrogen and oxygen atoms in total. The molecule has 0 radical (unpaired) electrons. The highest BCUT2D eigenvalue weighted by Crippen LogP contribution is 2.23. The van der Waals surface area contributed by atoms with Crippen LogP contribution in [0.4, 0.5) is 11.5 Å². The minimum atomic E-state index is -3.88. The normalized spacial score (nSPS) is 11.2. The van der Waals surface area contributed by atoms with E-state index in [0.29, 0.717) is 27.9 Å². The topological polar surface area (TPSA) is 138 Å². The molecule has 0 saturated carbocycles. The average Bonchev–Trinajstić information content (AvgIpc) is 2.80. The molecule has 2 N–H and O–H groups in total. The maximum atomic E-state index is 12.5. The molecule has 0 aliphatic heterocycles. The molecule has 0 bridgehead atoms. The number of sulfonamides is 1. The van der Waals surface area contributed by atoms with E-state index < -0.39 is 10.0 Å². The van der Waals surface area contributed by atoms with E-state index >= 15 is 0 Å². The monoisotopic (exact) mass is 530 g/mol. The summed E-state index contributed by atoms with van der Waals surface area (Å²) < 4.78 is 27.3. The predicted octanol–water partition coefficient (Wildman–Crippen LogP) is 4.52. The zero-order valence-corrected chi connectivity index (χ0v) is 21.4. The quantitative estimate of drug-likeness (QED) is 0.365. The molecular formula is C23H23ClN6O3S2. The number of hydrogen-bond acceptors (Lipinski definition) is 8. The van der Waals surface area contributed by atoms with Crippen molar-refractivity contribution < 1.29 is 13.2 Å². The number of nitrogens with zero attached hydrogens (tertiary/aromatic N) is 4. The molecule has 1 aromatic carbocycles. The summed E-state index contributed by atoms with van der Waals surface area (Å²) in [5, 5.41) is 20.1. The molecule has 2 heterocycles. The number of pyridine rings is 1. The van der Waals surface area contributed by atoms with Crippen LogP contribution in [0, 0.1) is 17.2 Å². The van der Waals surface area contributed by atoms with Crippen LogP contribution in [0.3, 0.4) is 0 Å². The molecule has 0 saturated heterocycles. The van der Waals surface area contributed by atoms with E-state index in [0.717, 1.165) is 12.1 Å². The highest BCUT2D eigenvalue weighted by atomic mass is 35.5. The van der Waals surface area contributed by atoms with Crippen LogP contribution in [0.25, 0.3) is 0 Å². The minimum absolute atomic E-state index is 0.000749. The van der Waals surface area contributed by atoms with Crippen LogP contribution < -0.4 is 10.0 Å². The first-order valence-corrected chi connectivity index (χ1v) is 13.5. The first-order valence-electron chi connectivity index (χ1n) is 10.6. The fraction of sp³-hybridized carbons (Fsp3) is 0.261. The fourth-order valence-corrected chi connectivity index (χ4v) is 4.98. The van der Waals surface area contributed by atoms with Gasteiger partial charge in [0.05, 0.1) is 10.5 Å². The van der Waals surface area contributed by atoms with Crippen molar-refractivity contribution in [2.24, 2.45) is 5.92 Å². The van der Waals surface area contributed by atoms with Crippen molar-refractivity contribution in [3.8, 4) is 6.07 Å². The molecule has 0 aliphatic rings. The zero-order valence-electron chi connectivity index (χ0n) is 19.0. The Bertz CT molecular complexity index is 1320. The van der Waals surface area contributed by atoms with Gasteiger partial charge in [-0.05, 0) is 60.9 Å². The smallest absolute Gasteiger partial charge is 0.263 e. The summed E-state index contributed by atoms with van der Waals surface area (Å²) in [6.07, 6.45) is 1.01. The van der Waals surface area contributed by atoms with Gasteiger partial charge in [-0.15, -0.1) is 22.0 Å². The number of carbonyl (C=O) groups is 1. The number of thioether (sulfide) groups is 1. The van der Waals surface area contributed by atoms with Crippen molar-refractivity contribution in [1.29, 1.82) is 5.26 Å². The molecule has 0 aliphatic carbocycles. The summed E-state index contributed by atoms with van der Waals surface area (Å²) in [6, 6.07) is 14.3. The molecule has 2 aromatic heterocycles. The average molecular weight is 531 g/mol. The Hall–Kier alpha value is -3.20. The van der Waals surface area contributed by atoms with Gasteiger partial charge in [-0.3, -0.25) is 9.52 Å². The van der Waals surface area contributed by atoms with E-state index in [1.54, 1.807) is 6.07 Å². The van der Waals surface area contributed by atoms with Crippen LogP contribution in [0.5, 0.6) is 0 Å². The first-order chi connectivity index (χ1) is 16.7. The van der Waals surface area contributed by atoms with Gasteiger partial charge in [0.15, 0.2) is 11.0 Å². The van der Waals surface area contributed by atoms with Crippen LogP contribution in [-0.2, 0) is 21.2 Å². The predicted molar refractivity (Wildman–Crippen MR) is 136 cm³/mol. The van der Waals surface area contributed by atoms with Crippen molar-refractivity contribution in [2.45, 2.75) is 36.6 Å². The molecule has 12 heteroatoms. The van der Waals surface area contributed by atoms with Gasteiger partial charge < -0.3 is 5.32 Å². The lowest BCUT2D eigenvalue weighted by Gasteiger charge is -2.09. The minimum Gasteiger partial charge on any atom is -0.326 e. The highest BCUT2D eigenvalue weighted by molar-refractivity contribution is 7.99. The Morgan fingerprint density at radius 2 is 1.86 bits per heavy atom. The Balaban J connectivity index is 1.54. The Labute approximate surface area is 213 Å². The largest absolute Gasteiger partial charge is 0.326 e. The molecule has 1 amide bonds. The number of amides is 1. The Morgan fingerprint density at radius 3 is 2.49 bits per heavy atom. The SMILES string of the molecule is CC(C)Cc1ccc(C#N)c(SCCC(=O)Nc2ccc(S(=O)(=O)Nc3ccc(Cl)nn3)cc2)n1. The van der Waals surface area contributed by atoms with E-state index in [-0.39, 0.29) is 28.2 Å². The van der Waals surface area contributed by atoms with E-state index in [1.165, 1.54) is 48.2 Å². The van der Waals surface area contributed by atoms with Gasteiger partial charge in [-0.25, -0.2) is 13.4 Å². The van der Waals surface area contributed by atoms with Crippen molar-refractivity contribution in [3.63, 3.8) is 0 Å². The number of aromatic nitrogens is 3. The second-order valence-electron chi connectivity index (χ2n) is 7.88. The number of nitriles is 1.